The summed E-state index contributed by atoms with van der Waals surface area (Å²) in [6.45, 7) is 7.63. The van der Waals surface area contributed by atoms with Crippen LogP contribution in [0, 0.1) is 6.92 Å². The van der Waals surface area contributed by atoms with E-state index in [1.54, 1.807) is 7.11 Å². The molecule has 3 atom stereocenters. The van der Waals surface area contributed by atoms with Gasteiger partial charge in [0.1, 0.15) is 5.75 Å². The molecule has 0 saturated carbocycles. The molecule has 1 aromatic rings. The van der Waals surface area contributed by atoms with Gasteiger partial charge in [-0.3, -0.25) is 4.90 Å². The molecule has 1 aliphatic heterocycles. The number of methoxy groups -OCH3 is 1. The van der Waals surface area contributed by atoms with Crippen molar-refractivity contribution in [3.05, 3.63) is 29.3 Å². The summed E-state index contributed by atoms with van der Waals surface area (Å²) >= 11 is 0. The number of aryl methyl sites for hydroxylation is 1. The average Bonchev–Trinajstić information content (AvgIpc) is 2.43. The summed E-state index contributed by atoms with van der Waals surface area (Å²) in [6, 6.07) is 7.51. The third-order valence-corrected chi connectivity index (χ3v) is 4.57. The van der Waals surface area contributed by atoms with E-state index >= 15 is 0 Å². The minimum atomic E-state index is 0.00727. The molecule has 2 rings (SSSR count). The van der Waals surface area contributed by atoms with Crippen molar-refractivity contribution in [1.82, 2.24) is 4.90 Å². The van der Waals surface area contributed by atoms with Crippen molar-refractivity contribution in [1.29, 1.82) is 0 Å². The van der Waals surface area contributed by atoms with Crippen LogP contribution in [-0.4, -0.2) is 30.6 Å². The summed E-state index contributed by atoms with van der Waals surface area (Å²) in [6.07, 6.45) is 3.89. The summed E-state index contributed by atoms with van der Waals surface area (Å²) in [5, 5.41) is 0. The third kappa shape index (κ3) is 3.33. The number of likely N-dealkylation sites (tertiary alicyclic amines) is 1. The first-order chi connectivity index (χ1) is 9.52. The smallest absolute Gasteiger partial charge is 0.123 e. The van der Waals surface area contributed by atoms with Gasteiger partial charge in [0.2, 0.25) is 0 Å². The maximum Gasteiger partial charge on any atom is 0.123 e. The zero-order valence-corrected chi connectivity index (χ0v) is 13.2. The van der Waals surface area contributed by atoms with Crippen LogP contribution in [0.15, 0.2) is 18.2 Å². The molecule has 1 heterocycles. The minimum absolute atomic E-state index is 0.00727. The van der Waals surface area contributed by atoms with Crippen molar-refractivity contribution < 1.29 is 4.74 Å². The van der Waals surface area contributed by atoms with Crippen LogP contribution in [0.1, 0.15) is 50.3 Å². The van der Waals surface area contributed by atoms with Gasteiger partial charge < -0.3 is 10.5 Å². The lowest BCUT2D eigenvalue weighted by molar-refractivity contribution is 0.0958. The Hall–Kier alpha value is -1.06. The zero-order valence-electron chi connectivity index (χ0n) is 13.2. The Bertz CT molecular complexity index is 437. The number of ether oxygens (including phenoxy) is 1. The van der Waals surface area contributed by atoms with Crippen LogP contribution in [-0.2, 0) is 0 Å². The summed E-state index contributed by atoms with van der Waals surface area (Å²) in [5.41, 5.74) is 8.83. The first kappa shape index (κ1) is 15.3. The van der Waals surface area contributed by atoms with Crippen molar-refractivity contribution in [2.45, 2.75) is 58.2 Å². The predicted molar refractivity (Wildman–Crippen MR) is 84.1 cm³/mol. The fourth-order valence-corrected chi connectivity index (χ4v) is 3.30. The van der Waals surface area contributed by atoms with Crippen LogP contribution in [0.25, 0.3) is 0 Å². The molecule has 1 fully saturated rings. The van der Waals surface area contributed by atoms with Gasteiger partial charge >= 0.3 is 0 Å². The molecular weight excluding hydrogens is 248 g/mol. The van der Waals surface area contributed by atoms with Crippen molar-refractivity contribution >= 4 is 0 Å². The lowest BCUT2D eigenvalue weighted by Crippen LogP contribution is -2.46. The van der Waals surface area contributed by atoms with Gasteiger partial charge in [-0.05, 0) is 39.7 Å². The summed E-state index contributed by atoms with van der Waals surface area (Å²) in [7, 11) is 1.72. The van der Waals surface area contributed by atoms with Gasteiger partial charge in [0.25, 0.3) is 0 Å². The molecule has 0 aliphatic carbocycles. The Kier molecular flexibility index (Phi) is 5.06. The van der Waals surface area contributed by atoms with E-state index in [0.29, 0.717) is 12.1 Å². The fourth-order valence-electron chi connectivity index (χ4n) is 3.30. The Balaban J connectivity index is 2.14. The molecular formula is C17H28N2O. The SMILES string of the molecule is COc1ccc(C)cc1C(N)CN1[C@H](C)CCC[C@@H]1C. The number of piperidine rings is 1. The second-order valence-corrected chi connectivity index (χ2v) is 6.18. The lowest BCUT2D eigenvalue weighted by Gasteiger charge is -2.40. The number of nitrogens with zero attached hydrogens (tertiary/aromatic N) is 1. The van der Waals surface area contributed by atoms with E-state index in [2.05, 4.69) is 37.8 Å². The molecule has 1 unspecified atom stereocenters. The first-order valence-electron chi connectivity index (χ1n) is 7.68. The second-order valence-electron chi connectivity index (χ2n) is 6.18. The first-order valence-corrected chi connectivity index (χ1v) is 7.68. The average molecular weight is 276 g/mol. The molecule has 20 heavy (non-hydrogen) atoms. The van der Waals surface area contributed by atoms with Gasteiger partial charge in [0, 0.05) is 30.2 Å². The number of hydrogen-bond donors (Lipinski definition) is 1. The predicted octanol–water partition coefficient (Wildman–Crippen LogP) is 3.27. The quantitative estimate of drug-likeness (QED) is 0.917. The Morgan fingerprint density at radius 1 is 1.30 bits per heavy atom. The van der Waals surface area contributed by atoms with Crippen LogP contribution in [0.5, 0.6) is 5.75 Å². The molecule has 1 saturated heterocycles. The highest BCUT2D eigenvalue weighted by molar-refractivity contribution is 5.39. The van der Waals surface area contributed by atoms with E-state index in [0.717, 1.165) is 17.9 Å². The highest BCUT2D eigenvalue weighted by Crippen LogP contribution is 2.29. The molecule has 112 valence electrons. The van der Waals surface area contributed by atoms with Crippen molar-refractivity contribution in [3.8, 4) is 5.75 Å². The van der Waals surface area contributed by atoms with Crippen molar-refractivity contribution in [2.75, 3.05) is 13.7 Å². The molecule has 3 heteroatoms. The van der Waals surface area contributed by atoms with Gasteiger partial charge in [-0.2, -0.15) is 0 Å². The standard InChI is InChI=1S/C17H28N2O/c1-12-8-9-17(20-4)15(10-12)16(18)11-19-13(2)6-5-7-14(19)3/h8-10,13-14,16H,5-7,11,18H2,1-4H3/t13-,14+,16?. The topological polar surface area (TPSA) is 38.5 Å². The Morgan fingerprint density at radius 3 is 2.55 bits per heavy atom. The van der Waals surface area contributed by atoms with Gasteiger partial charge in [0.15, 0.2) is 0 Å². The third-order valence-electron chi connectivity index (χ3n) is 4.57. The summed E-state index contributed by atoms with van der Waals surface area (Å²) in [4.78, 5) is 2.55. The van der Waals surface area contributed by atoms with E-state index in [9.17, 15) is 0 Å². The number of hydrogen-bond acceptors (Lipinski definition) is 3. The number of rotatable bonds is 4. The van der Waals surface area contributed by atoms with E-state index in [4.69, 9.17) is 10.5 Å². The van der Waals surface area contributed by atoms with Gasteiger partial charge in [0.05, 0.1) is 7.11 Å². The molecule has 1 aliphatic rings. The highest BCUT2D eigenvalue weighted by atomic mass is 16.5. The summed E-state index contributed by atoms with van der Waals surface area (Å²) < 4.78 is 5.47. The van der Waals surface area contributed by atoms with Gasteiger partial charge in [-0.25, -0.2) is 0 Å². The molecule has 0 radical (unpaired) electrons. The van der Waals surface area contributed by atoms with Crippen molar-refractivity contribution in [2.24, 2.45) is 5.73 Å². The number of benzene rings is 1. The molecule has 2 N–H and O–H groups in total. The van der Waals surface area contributed by atoms with Gasteiger partial charge in [-0.15, -0.1) is 0 Å². The van der Waals surface area contributed by atoms with E-state index in [-0.39, 0.29) is 6.04 Å². The van der Waals surface area contributed by atoms with Crippen LogP contribution < -0.4 is 10.5 Å². The van der Waals surface area contributed by atoms with Crippen LogP contribution in [0.4, 0.5) is 0 Å². The monoisotopic (exact) mass is 276 g/mol. The maximum absolute atomic E-state index is 6.47. The molecule has 0 aromatic heterocycles. The minimum Gasteiger partial charge on any atom is -0.496 e. The lowest BCUT2D eigenvalue weighted by atomic mass is 9.95. The zero-order chi connectivity index (χ0) is 14.7. The highest BCUT2D eigenvalue weighted by Gasteiger charge is 2.27. The van der Waals surface area contributed by atoms with Crippen LogP contribution >= 0.6 is 0 Å². The van der Waals surface area contributed by atoms with Crippen LogP contribution in [0.3, 0.4) is 0 Å². The molecule has 0 spiro atoms. The second kappa shape index (κ2) is 6.59. The maximum atomic E-state index is 6.47. The Labute approximate surface area is 123 Å². The molecule has 3 nitrogen and oxygen atoms in total. The van der Waals surface area contributed by atoms with E-state index in [1.807, 2.05) is 6.07 Å². The fraction of sp³-hybridized carbons (Fsp3) is 0.647. The van der Waals surface area contributed by atoms with E-state index in [1.165, 1.54) is 24.8 Å². The van der Waals surface area contributed by atoms with Gasteiger partial charge in [-0.1, -0.05) is 24.1 Å². The van der Waals surface area contributed by atoms with Crippen molar-refractivity contribution in [3.63, 3.8) is 0 Å². The molecule has 1 aromatic carbocycles. The normalized spacial score (nSPS) is 25.4. The Morgan fingerprint density at radius 2 is 1.95 bits per heavy atom. The van der Waals surface area contributed by atoms with E-state index < -0.39 is 0 Å². The molecule has 0 amide bonds. The van der Waals surface area contributed by atoms with Crippen LogP contribution in [0.2, 0.25) is 0 Å². The molecule has 0 bridgehead atoms. The number of nitrogens with two attached hydrogens (primary N) is 1. The summed E-state index contributed by atoms with van der Waals surface area (Å²) in [5.74, 6) is 0.903. The largest absolute Gasteiger partial charge is 0.496 e.